The molecular formula is C15H29NO2. The standard InChI is InChI=1S/C15H29NO2/c1-16(11-14-6-8-18-9-7-14)12-15(17)10-13-4-2-3-5-13/h13-15,17H,2-12H2,1H3. The zero-order valence-electron chi connectivity index (χ0n) is 11.8. The maximum absolute atomic E-state index is 10.1. The Bertz CT molecular complexity index is 223. The average Bonchev–Trinajstić information content (AvgIpc) is 2.82. The molecule has 1 N–H and O–H groups in total. The van der Waals surface area contributed by atoms with E-state index in [0.717, 1.165) is 44.6 Å². The molecule has 1 aliphatic heterocycles. The molecule has 3 nitrogen and oxygen atoms in total. The Hall–Kier alpha value is -0.120. The maximum atomic E-state index is 10.1. The Morgan fingerprint density at radius 2 is 1.78 bits per heavy atom. The van der Waals surface area contributed by atoms with Gasteiger partial charge in [0.05, 0.1) is 6.10 Å². The first-order valence-electron chi connectivity index (χ1n) is 7.68. The second-order valence-corrected chi connectivity index (χ2v) is 6.32. The van der Waals surface area contributed by atoms with E-state index in [2.05, 4.69) is 11.9 Å². The van der Waals surface area contributed by atoms with Crippen LogP contribution in [0.5, 0.6) is 0 Å². The minimum atomic E-state index is -0.127. The largest absolute Gasteiger partial charge is 0.392 e. The van der Waals surface area contributed by atoms with Crippen molar-refractivity contribution in [2.75, 3.05) is 33.4 Å². The zero-order chi connectivity index (χ0) is 12.8. The summed E-state index contributed by atoms with van der Waals surface area (Å²) in [6, 6.07) is 0. The van der Waals surface area contributed by atoms with E-state index in [4.69, 9.17) is 4.74 Å². The number of aliphatic hydroxyl groups excluding tert-OH is 1. The third kappa shape index (κ3) is 4.87. The lowest BCUT2D eigenvalue weighted by Crippen LogP contribution is -2.35. The van der Waals surface area contributed by atoms with Crippen molar-refractivity contribution in [1.82, 2.24) is 4.90 Å². The molecule has 2 aliphatic rings. The van der Waals surface area contributed by atoms with Crippen molar-refractivity contribution < 1.29 is 9.84 Å². The first-order valence-corrected chi connectivity index (χ1v) is 7.68. The highest BCUT2D eigenvalue weighted by atomic mass is 16.5. The molecule has 2 rings (SSSR count). The monoisotopic (exact) mass is 255 g/mol. The minimum Gasteiger partial charge on any atom is -0.392 e. The van der Waals surface area contributed by atoms with Gasteiger partial charge in [0.1, 0.15) is 0 Å². The number of rotatable bonds is 6. The van der Waals surface area contributed by atoms with Crippen LogP contribution < -0.4 is 0 Å². The lowest BCUT2D eigenvalue weighted by Gasteiger charge is -2.28. The first kappa shape index (κ1) is 14.3. The fourth-order valence-corrected chi connectivity index (χ4v) is 3.51. The smallest absolute Gasteiger partial charge is 0.0669 e. The van der Waals surface area contributed by atoms with E-state index in [1.54, 1.807) is 0 Å². The third-order valence-electron chi connectivity index (χ3n) is 4.51. The molecule has 106 valence electrons. The summed E-state index contributed by atoms with van der Waals surface area (Å²) in [5.41, 5.74) is 0. The van der Waals surface area contributed by atoms with Gasteiger partial charge in [0, 0.05) is 26.3 Å². The number of hydrogen-bond acceptors (Lipinski definition) is 3. The van der Waals surface area contributed by atoms with E-state index in [1.807, 2.05) is 0 Å². The minimum absolute atomic E-state index is 0.127. The van der Waals surface area contributed by atoms with Crippen molar-refractivity contribution >= 4 is 0 Å². The van der Waals surface area contributed by atoms with E-state index in [-0.39, 0.29) is 6.10 Å². The predicted octanol–water partition coefficient (Wildman–Crippen LogP) is 2.29. The number of ether oxygens (including phenoxy) is 1. The van der Waals surface area contributed by atoms with Crippen molar-refractivity contribution in [2.45, 2.75) is 51.0 Å². The molecular weight excluding hydrogens is 226 g/mol. The summed E-state index contributed by atoms with van der Waals surface area (Å²) in [5.74, 6) is 1.55. The highest BCUT2D eigenvalue weighted by Gasteiger charge is 2.21. The van der Waals surface area contributed by atoms with Gasteiger partial charge in [-0.05, 0) is 38.1 Å². The number of likely N-dealkylation sites (N-methyl/N-ethyl adjacent to an activating group) is 1. The summed E-state index contributed by atoms with van der Waals surface area (Å²) in [5, 5.41) is 10.1. The maximum Gasteiger partial charge on any atom is 0.0669 e. The third-order valence-corrected chi connectivity index (χ3v) is 4.51. The van der Waals surface area contributed by atoms with Gasteiger partial charge in [0.2, 0.25) is 0 Å². The predicted molar refractivity (Wildman–Crippen MR) is 73.6 cm³/mol. The molecule has 1 atom stereocenters. The van der Waals surface area contributed by atoms with Crippen LogP contribution in [0.3, 0.4) is 0 Å². The molecule has 0 amide bonds. The first-order chi connectivity index (χ1) is 8.74. The van der Waals surface area contributed by atoms with Crippen LogP contribution in [0.15, 0.2) is 0 Å². The Balaban J connectivity index is 1.61. The van der Waals surface area contributed by atoms with Crippen molar-refractivity contribution in [1.29, 1.82) is 0 Å². The van der Waals surface area contributed by atoms with Crippen LogP contribution in [0.4, 0.5) is 0 Å². The molecule has 0 aromatic heterocycles. The van der Waals surface area contributed by atoms with E-state index >= 15 is 0 Å². The van der Waals surface area contributed by atoms with Gasteiger partial charge in [-0.3, -0.25) is 0 Å². The van der Waals surface area contributed by atoms with Crippen LogP contribution in [-0.4, -0.2) is 49.5 Å². The van der Waals surface area contributed by atoms with Crippen molar-refractivity contribution in [3.8, 4) is 0 Å². The molecule has 0 aromatic rings. The van der Waals surface area contributed by atoms with Crippen LogP contribution in [0.2, 0.25) is 0 Å². The number of nitrogens with zero attached hydrogens (tertiary/aromatic N) is 1. The van der Waals surface area contributed by atoms with Crippen molar-refractivity contribution in [3.05, 3.63) is 0 Å². The quantitative estimate of drug-likeness (QED) is 0.790. The molecule has 0 bridgehead atoms. The Morgan fingerprint density at radius 3 is 2.44 bits per heavy atom. The summed E-state index contributed by atoms with van der Waals surface area (Å²) in [7, 11) is 2.15. The van der Waals surface area contributed by atoms with Gasteiger partial charge in [-0.1, -0.05) is 25.7 Å². The lowest BCUT2D eigenvalue weighted by atomic mass is 9.98. The second-order valence-electron chi connectivity index (χ2n) is 6.32. The van der Waals surface area contributed by atoms with Gasteiger partial charge in [-0.2, -0.15) is 0 Å². The van der Waals surface area contributed by atoms with E-state index in [0.29, 0.717) is 0 Å². The van der Waals surface area contributed by atoms with Gasteiger partial charge in [0.25, 0.3) is 0 Å². The molecule has 0 radical (unpaired) electrons. The zero-order valence-corrected chi connectivity index (χ0v) is 11.8. The Kier molecular flexibility index (Phi) is 5.93. The summed E-state index contributed by atoms with van der Waals surface area (Å²) >= 11 is 0. The van der Waals surface area contributed by atoms with Crippen LogP contribution in [-0.2, 0) is 4.74 Å². The summed E-state index contributed by atoms with van der Waals surface area (Å²) in [4.78, 5) is 2.32. The summed E-state index contributed by atoms with van der Waals surface area (Å²) < 4.78 is 5.38. The van der Waals surface area contributed by atoms with Gasteiger partial charge in [0.15, 0.2) is 0 Å². The highest BCUT2D eigenvalue weighted by molar-refractivity contribution is 4.74. The van der Waals surface area contributed by atoms with Gasteiger partial charge in [-0.25, -0.2) is 0 Å². The molecule has 2 fully saturated rings. The average molecular weight is 255 g/mol. The Labute approximate surface area is 112 Å². The summed E-state index contributed by atoms with van der Waals surface area (Å²) in [6.07, 6.45) is 8.66. The lowest BCUT2D eigenvalue weighted by molar-refractivity contribution is 0.0450. The molecule has 1 saturated heterocycles. The topological polar surface area (TPSA) is 32.7 Å². The molecule has 18 heavy (non-hydrogen) atoms. The fraction of sp³-hybridized carbons (Fsp3) is 1.00. The van der Waals surface area contributed by atoms with Crippen molar-refractivity contribution in [3.63, 3.8) is 0 Å². The molecule has 1 heterocycles. The second kappa shape index (κ2) is 7.46. The van der Waals surface area contributed by atoms with Gasteiger partial charge < -0.3 is 14.7 Å². The van der Waals surface area contributed by atoms with Crippen molar-refractivity contribution in [2.24, 2.45) is 11.8 Å². The molecule has 1 unspecified atom stereocenters. The molecule has 0 aromatic carbocycles. The fourth-order valence-electron chi connectivity index (χ4n) is 3.51. The Morgan fingerprint density at radius 1 is 1.11 bits per heavy atom. The van der Waals surface area contributed by atoms with Crippen LogP contribution in [0.1, 0.15) is 44.9 Å². The SMILES string of the molecule is CN(CC(O)CC1CCCC1)CC1CCOCC1. The van der Waals surface area contributed by atoms with Crippen LogP contribution >= 0.6 is 0 Å². The van der Waals surface area contributed by atoms with Gasteiger partial charge >= 0.3 is 0 Å². The van der Waals surface area contributed by atoms with E-state index < -0.39 is 0 Å². The van der Waals surface area contributed by atoms with E-state index in [9.17, 15) is 5.11 Å². The number of hydrogen-bond donors (Lipinski definition) is 1. The molecule has 0 spiro atoms. The number of aliphatic hydroxyl groups is 1. The summed E-state index contributed by atoms with van der Waals surface area (Å²) in [6.45, 7) is 3.80. The molecule has 1 aliphatic carbocycles. The molecule has 1 saturated carbocycles. The molecule has 3 heteroatoms. The normalized spacial score (nSPS) is 24.8. The van der Waals surface area contributed by atoms with Gasteiger partial charge in [-0.15, -0.1) is 0 Å². The highest BCUT2D eigenvalue weighted by Crippen LogP contribution is 2.28. The van der Waals surface area contributed by atoms with Crippen LogP contribution in [0.25, 0.3) is 0 Å². The van der Waals surface area contributed by atoms with E-state index in [1.165, 1.54) is 38.5 Å². The van der Waals surface area contributed by atoms with Crippen LogP contribution in [0, 0.1) is 11.8 Å².